The zero-order valence-corrected chi connectivity index (χ0v) is 15.8. The lowest BCUT2D eigenvalue weighted by molar-refractivity contribution is -0.123. The highest BCUT2D eigenvalue weighted by molar-refractivity contribution is 6.40. The minimum absolute atomic E-state index is 0.0683. The Labute approximate surface area is 164 Å². The Morgan fingerprint density at radius 1 is 1.18 bits per heavy atom. The zero-order chi connectivity index (χ0) is 20.4. The Bertz CT molecular complexity index is 746. The Morgan fingerprint density at radius 2 is 1.93 bits per heavy atom. The highest BCUT2D eigenvalue weighted by Crippen LogP contribution is 2.08. The minimum Gasteiger partial charge on any atom is -0.427 e. The Balaban J connectivity index is 2.00. The molecule has 1 aromatic heterocycles. The predicted molar refractivity (Wildman–Crippen MR) is 105 cm³/mol. The number of amides is 2. The van der Waals surface area contributed by atoms with Crippen LogP contribution >= 0.6 is 0 Å². The second-order valence-corrected chi connectivity index (χ2v) is 6.71. The molecule has 1 unspecified atom stereocenters. The van der Waals surface area contributed by atoms with Gasteiger partial charge in [0.2, 0.25) is 5.91 Å². The lowest BCUT2D eigenvalue weighted by atomic mass is 9.81. The molecule has 148 valence electrons. The highest BCUT2D eigenvalue weighted by atomic mass is 16.4. The first kappa shape index (κ1) is 21.5. The van der Waals surface area contributed by atoms with E-state index < -0.39 is 19.1 Å². The number of carbonyl (C=O) groups excluding carboxylic acids is 2. The van der Waals surface area contributed by atoms with Crippen molar-refractivity contribution in [2.24, 2.45) is 5.92 Å². The first-order chi connectivity index (χ1) is 13.5. The standard InChI is InChI=1S/C19H25BN4O4/c1-14(7-8-20(27)28)12-23-18(25)16(11-15-5-3-2-4-6-15)24-19(26)17-13-21-9-10-22-17/h2-6,9-10,13-14,16,27-28H,7-8,11-12H2,1H3,(H,23,25)(H,24,26)/t14?,16-/m0/s1. The zero-order valence-electron chi connectivity index (χ0n) is 15.8. The maximum atomic E-state index is 12.7. The maximum Gasteiger partial charge on any atom is 0.451 e. The van der Waals surface area contributed by atoms with Gasteiger partial charge in [-0.05, 0) is 17.8 Å². The quantitative estimate of drug-likeness (QED) is 0.441. The van der Waals surface area contributed by atoms with E-state index in [1.54, 1.807) is 0 Å². The summed E-state index contributed by atoms with van der Waals surface area (Å²) >= 11 is 0. The van der Waals surface area contributed by atoms with Crippen LogP contribution in [-0.2, 0) is 11.2 Å². The molecule has 0 aliphatic rings. The number of aromatic nitrogens is 2. The van der Waals surface area contributed by atoms with Crippen LogP contribution in [0.2, 0.25) is 6.32 Å². The molecule has 9 heteroatoms. The number of carbonyl (C=O) groups is 2. The summed E-state index contributed by atoms with van der Waals surface area (Å²) in [5.74, 6) is -0.711. The van der Waals surface area contributed by atoms with Gasteiger partial charge >= 0.3 is 7.12 Å². The van der Waals surface area contributed by atoms with Crippen molar-refractivity contribution >= 4 is 18.9 Å². The summed E-state index contributed by atoms with van der Waals surface area (Å²) in [5.41, 5.74) is 1.05. The van der Waals surface area contributed by atoms with E-state index in [1.807, 2.05) is 37.3 Å². The topological polar surface area (TPSA) is 124 Å². The average Bonchev–Trinajstić information content (AvgIpc) is 2.71. The van der Waals surface area contributed by atoms with Gasteiger partial charge in [-0.2, -0.15) is 0 Å². The number of hydrogen-bond donors (Lipinski definition) is 4. The van der Waals surface area contributed by atoms with Crippen molar-refractivity contribution in [2.45, 2.75) is 32.1 Å². The maximum absolute atomic E-state index is 12.7. The highest BCUT2D eigenvalue weighted by Gasteiger charge is 2.23. The van der Waals surface area contributed by atoms with Gasteiger partial charge in [0.25, 0.3) is 5.91 Å². The SMILES string of the molecule is CC(CCB(O)O)CNC(=O)[C@H](Cc1ccccc1)NC(=O)c1cnccn1. The fourth-order valence-corrected chi connectivity index (χ4v) is 2.64. The van der Waals surface area contributed by atoms with Gasteiger partial charge in [-0.15, -0.1) is 0 Å². The number of rotatable bonds is 10. The number of benzene rings is 1. The van der Waals surface area contributed by atoms with Gasteiger partial charge in [0.1, 0.15) is 11.7 Å². The summed E-state index contributed by atoms with van der Waals surface area (Å²) < 4.78 is 0. The van der Waals surface area contributed by atoms with Gasteiger partial charge in [0, 0.05) is 25.4 Å². The predicted octanol–water partition coefficient (Wildman–Crippen LogP) is 0.433. The molecule has 2 amide bonds. The summed E-state index contributed by atoms with van der Waals surface area (Å²) in [6.07, 6.45) is 5.37. The molecule has 1 heterocycles. The van der Waals surface area contributed by atoms with Crippen LogP contribution in [0.25, 0.3) is 0 Å². The van der Waals surface area contributed by atoms with Crippen molar-refractivity contribution in [3.63, 3.8) is 0 Å². The van der Waals surface area contributed by atoms with Crippen LogP contribution < -0.4 is 10.6 Å². The number of nitrogens with zero attached hydrogens (tertiary/aromatic N) is 2. The van der Waals surface area contributed by atoms with Crippen LogP contribution in [0.1, 0.15) is 29.4 Å². The summed E-state index contributed by atoms with van der Waals surface area (Å²) in [4.78, 5) is 32.9. The van der Waals surface area contributed by atoms with Crippen LogP contribution in [0.15, 0.2) is 48.9 Å². The minimum atomic E-state index is -1.35. The van der Waals surface area contributed by atoms with Crippen LogP contribution in [-0.4, -0.2) is 51.5 Å². The fourth-order valence-electron chi connectivity index (χ4n) is 2.64. The van der Waals surface area contributed by atoms with Crippen LogP contribution in [0.5, 0.6) is 0 Å². The molecule has 0 aliphatic heterocycles. The molecular formula is C19H25BN4O4. The third kappa shape index (κ3) is 7.46. The van der Waals surface area contributed by atoms with Gasteiger partial charge in [-0.3, -0.25) is 14.6 Å². The summed E-state index contributed by atoms with van der Waals surface area (Å²) in [7, 11) is -1.35. The van der Waals surface area contributed by atoms with Crippen LogP contribution in [0.3, 0.4) is 0 Å². The van der Waals surface area contributed by atoms with E-state index >= 15 is 0 Å². The van der Waals surface area contributed by atoms with E-state index in [0.29, 0.717) is 19.4 Å². The van der Waals surface area contributed by atoms with Crippen molar-refractivity contribution in [2.75, 3.05) is 6.54 Å². The molecule has 2 aromatic rings. The van der Waals surface area contributed by atoms with E-state index in [4.69, 9.17) is 10.0 Å². The fraction of sp³-hybridized carbons (Fsp3) is 0.368. The molecule has 0 spiro atoms. The molecule has 0 aliphatic carbocycles. The molecule has 28 heavy (non-hydrogen) atoms. The second kappa shape index (κ2) is 11.2. The van der Waals surface area contributed by atoms with Crippen molar-refractivity contribution in [1.29, 1.82) is 0 Å². The van der Waals surface area contributed by atoms with Crippen molar-refractivity contribution in [3.8, 4) is 0 Å². The summed E-state index contributed by atoms with van der Waals surface area (Å²) in [5, 5.41) is 23.4. The molecule has 0 radical (unpaired) electrons. The number of hydrogen-bond acceptors (Lipinski definition) is 6. The van der Waals surface area contributed by atoms with Gasteiger partial charge in [0.15, 0.2) is 0 Å². The molecule has 0 saturated heterocycles. The molecule has 8 nitrogen and oxygen atoms in total. The molecule has 0 saturated carbocycles. The van der Waals surface area contributed by atoms with Crippen LogP contribution in [0, 0.1) is 5.92 Å². The van der Waals surface area contributed by atoms with Gasteiger partial charge < -0.3 is 20.7 Å². The number of nitrogens with one attached hydrogen (secondary N) is 2. The van der Waals surface area contributed by atoms with Gasteiger partial charge in [-0.25, -0.2) is 4.98 Å². The monoisotopic (exact) mass is 384 g/mol. The molecule has 0 fully saturated rings. The Hall–Kier alpha value is -2.78. The van der Waals surface area contributed by atoms with Crippen LogP contribution in [0.4, 0.5) is 0 Å². The normalized spacial score (nSPS) is 12.7. The lowest BCUT2D eigenvalue weighted by Gasteiger charge is -2.20. The average molecular weight is 384 g/mol. The van der Waals surface area contributed by atoms with E-state index in [-0.39, 0.29) is 23.8 Å². The lowest BCUT2D eigenvalue weighted by Crippen LogP contribution is -2.49. The molecular weight excluding hydrogens is 359 g/mol. The summed E-state index contributed by atoms with van der Waals surface area (Å²) in [6.45, 7) is 2.28. The Kier molecular flexibility index (Phi) is 8.58. The Morgan fingerprint density at radius 3 is 2.57 bits per heavy atom. The van der Waals surface area contributed by atoms with E-state index in [2.05, 4.69) is 20.6 Å². The van der Waals surface area contributed by atoms with E-state index in [9.17, 15) is 9.59 Å². The largest absolute Gasteiger partial charge is 0.451 e. The first-order valence-electron chi connectivity index (χ1n) is 9.20. The smallest absolute Gasteiger partial charge is 0.427 e. The molecule has 2 rings (SSSR count). The molecule has 2 atom stereocenters. The first-order valence-corrected chi connectivity index (χ1v) is 9.20. The van der Waals surface area contributed by atoms with Crippen molar-refractivity contribution in [1.82, 2.24) is 20.6 Å². The molecule has 4 N–H and O–H groups in total. The second-order valence-electron chi connectivity index (χ2n) is 6.71. The van der Waals surface area contributed by atoms with E-state index in [0.717, 1.165) is 5.56 Å². The van der Waals surface area contributed by atoms with E-state index in [1.165, 1.54) is 18.6 Å². The van der Waals surface area contributed by atoms with Crippen molar-refractivity contribution in [3.05, 3.63) is 60.2 Å². The molecule has 1 aromatic carbocycles. The van der Waals surface area contributed by atoms with Crippen molar-refractivity contribution < 1.29 is 19.6 Å². The third-order valence-electron chi connectivity index (χ3n) is 4.24. The third-order valence-corrected chi connectivity index (χ3v) is 4.24. The van der Waals surface area contributed by atoms with Gasteiger partial charge in [-0.1, -0.05) is 43.7 Å². The molecule has 0 bridgehead atoms. The summed E-state index contributed by atoms with van der Waals surface area (Å²) in [6, 6.07) is 8.63. The van der Waals surface area contributed by atoms with Gasteiger partial charge in [0.05, 0.1) is 6.20 Å².